The van der Waals surface area contributed by atoms with Crippen molar-refractivity contribution >= 4 is 11.9 Å². The van der Waals surface area contributed by atoms with Gasteiger partial charge in [0.1, 0.15) is 11.3 Å². The number of amides is 1. The number of carbonyl (C=O) groups is 1. The van der Waals surface area contributed by atoms with E-state index >= 15 is 0 Å². The lowest BCUT2D eigenvalue weighted by Gasteiger charge is -2.40. The van der Waals surface area contributed by atoms with Crippen LogP contribution in [0.2, 0.25) is 0 Å². The highest BCUT2D eigenvalue weighted by Crippen LogP contribution is 2.42. The third-order valence-corrected chi connectivity index (χ3v) is 4.49. The Hall–Kier alpha value is -2.05. The van der Waals surface area contributed by atoms with E-state index in [1.165, 1.54) is 0 Å². The molecule has 0 bridgehead atoms. The molecule has 1 saturated carbocycles. The smallest absolute Gasteiger partial charge is 0.410 e. The van der Waals surface area contributed by atoms with E-state index in [-0.39, 0.29) is 12.1 Å². The molecule has 0 radical (unpaired) electrons. The molecule has 138 valence electrons. The molecule has 1 atom stereocenters. The zero-order valence-electron chi connectivity index (χ0n) is 15.8. The van der Waals surface area contributed by atoms with Gasteiger partial charge in [0.2, 0.25) is 5.88 Å². The van der Waals surface area contributed by atoms with Crippen LogP contribution in [0.3, 0.4) is 0 Å². The molecule has 0 spiro atoms. The van der Waals surface area contributed by atoms with E-state index in [1.54, 1.807) is 12.0 Å². The summed E-state index contributed by atoms with van der Waals surface area (Å²) in [7, 11) is 1.64. The minimum Gasteiger partial charge on any atom is -0.480 e. The Morgan fingerprint density at radius 1 is 1.28 bits per heavy atom. The highest BCUT2D eigenvalue weighted by Gasteiger charge is 2.33. The van der Waals surface area contributed by atoms with Gasteiger partial charge in [-0.25, -0.2) is 4.79 Å². The maximum absolute atomic E-state index is 12.3. The van der Waals surface area contributed by atoms with Crippen LogP contribution in [-0.2, 0) is 4.74 Å². The minimum absolute atomic E-state index is 0.0412. The number of rotatable bonds is 3. The van der Waals surface area contributed by atoms with E-state index in [2.05, 4.69) is 14.9 Å². The van der Waals surface area contributed by atoms with E-state index < -0.39 is 5.60 Å². The van der Waals surface area contributed by atoms with Gasteiger partial charge in [-0.2, -0.15) is 4.98 Å². The quantitative estimate of drug-likeness (QED) is 0.837. The minimum atomic E-state index is -0.481. The normalized spacial score (nSPS) is 21.2. The fraction of sp³-hybridized carbons (Fsp3) is 0.722. The summed E-state index contributed by atoms with van der Waals surface area (Å²) >= 11 is 0. The number of aromatic nitrogens is 2. The van der Waals surface area contributed by atoms with Crippen LogP contribution in [0, 0.1) is 0 Å². The molecule has 0 aromatic carbocycles. The number of hydrogen-bond donors (Lipinski definition) is 0. The monoisotopic (exact) mass is 348 g/mol. The summed E-state index contributed by atoms with van der Waals surface area (Å²) in [5.74, 6) is 1.93. The molecular weight excluding hydrogens is 320 g/mol. The van der Waals surface area contributed by atoms with Crippen LogP contribution >= 0.6 is 0 Å². The highest BCUT2D eigenvalue weighted by molar-refractivity contribution is 5.69. The second-order valence-electron chi connectivity index (χ2n) is 7.87. The van der Waals surface area contributed by atoms with Gasteiger partial charge in [-0.1, -0.05) is 0 Å². The largest absolute Gasteiger partial charge is 0.480 e. The van der Waals surface area contributed by atoms with Crippen LogP contribution in [0.1, 0.15) is 52.1 Å². The van der Waals surface area contributed by atoms with Crippen LogP contribution in [0.25, 0.3) is 0 Å². The third-order valence-electron chi connectivity index (χ3n) is 4.49. The molecule has 0 N–H and O–H groups in total. The summed E-state index contributed by atoms with van der Waals surface area (Å²) in [4.78, 5) is 25.5. The maximum atomic E-state index is 12.3. The first-order chi connectivity index (χ1) is 11.8. The first kappa shape index (κ1) is 17.8. The molecule has 1 saturated heterocycles. The average Bonchev–Trinajstić information content (AvgIpc) is 3.37. The molecule has 1 amide bonds. The van der Waals surface area contributed by atoms with Crippen LogP contribution < -0.4 is 9.64 Å². The standard InChI is InChI=1S/C18H28N4O3/c1-12-11-21(8-9-22(12)17(23)25-18(2,3)4)14-10-19-15(13-6-7-13)16(20-14)24-5/h10,12-13H,6-9,11H2,1-5H3. The molecule has 2 heterocycles. The van der Waals surface area contributed by atoms with E-state index in [4.69, 9.17) is 9.47 Å². The third kappa shape index (κ3) is 4.14. The molecule has 7 heteroatoms. The summed E-state index contributed by atoms with van der Waals surface area (Å²) in [6.45, 7) is 9.67. The van der Waals surface area contributed by atoms with Crippen LogP contribution in [0.4, 0.5) is 10.6 Å². The SMILES string of the molecule is COc1nc(N2CCN(C(=O)OC(C)(C)C)C(C)C2)cnc1C1CC1. The van der Waals surface area contributed by atoms with Crippen LogP contribution in [0.15, 0.2) is 6.20 Å². The van der Waals surface area contributed by atoms with E-state index in [1.807, 2.05) is 33.9 Å². The van der Waals surface area contributed by atoms with Gasteiger partial charge in [0.15, 0.2) is 5.82 Å². The Balaban J connectivity index is 1.67. The van der Waals surface area contributed by atoms with Crippen molar-refractivity contribution in [2.75, 3.05) is 31.6 Å². The van der Waals surface area contributed by atoms with Crippen molar-refractivity contribution in [3.63, 3.8) is 0 Å². The van der Waals surface area contributed by atoms with Gasteiger partial charge in [0.05, 0.1) is 13.3 Å². The molecule has 1 unspecified atom stereocenters. The fourth-order valence-electron chi connectivity index (χ4n) is 3.07. The average molecular weight is 348 g/mol. The van der Waals surface area contributed by atoms with Crippen molar-refractivity contribution in [1.29, 1.82) is 0 Å². The molecular formula is C18H28N4O3. The fourth-order valence-corrected chi connectivity index (χ4v) is 3.07. The summed E-state index contributed by atoms with van der Waals surface area (Å²) < 4.78 is 10.9. The first-order valence-electron chi connectivity index (χ1n) is 8.94. The van der Waals surface area contributed by atoms with Gasteiger partial charge < -0.3 is 19.3 Å². The van der Waals surface area contributed by atoms with Crippen molar-refractivity contribution < 1.29 is 14.3 Å². The number of carbonyl (C=O) groups excluding carboxylic acids is 1. The van der Waals surface area contributed by atoms with Gasteiger partial charge in [-0.15, -0.1) is 0 Å². The molecule has 25 heavy (non-hydrogen) atoms. The zero-order chi connectivity index (χ0) is 18.2. The Morgan fingerprint density at radius 2 is 2.00 bits per heavy atom. The van der Waals surface area contributed by atoms with Crippen molar-refractivity contribution in [1.82, 2.24) is 14.9 Å². The molecule has 7 nitrogen and oxygen atoms in total. The van der Waals surface area contributed by atoms with Gasteiger partial charge >= 0.3 is 6.09 Å². The lowest BCUT2D eigenvalue weighted by molar-refractivity contribution is 0.0158. The van der Waals surface area contributed by atoms with Crippen molar-refractivity contribution in [3.8, 4) is 5.88 Å². The molecule has 2 fully saturated rings. The lowest BCUT2D eigenvalue weighted by Crippen LogP contribution is -2.55. The number of hydrogen-bond acceptors (Lipinski definition) is 6. The van der Waals surface area contributed by atoms with E-state index in [0.29, 0.717) is 31.4 Å². The number of ether oxygens (including phenoxy) is 2. The van der Waals surface area contributed by atoms with Crippen molar-refractivity contribution in [2.24, 2.45) is 0 Å². The molecule has 1 aliphatic heterocycles. The summed E-state index contributed by atoms with van der Waals surface area (Å²) in [5.41, 5.74) is 0.484. The van der Waals surface area contributed by atoms with Crippen molar-refractivity contribution in [2.45, 2.75) is 58.1 Å². The number of nitrogens with zero attached hydrogens (tertiary/aromatic N) is 4. The maximum Gasteiger partial charge on any atom is 0.410 e. The highest BCUT2D eigenvalue weighted by atomic mass is 16.6. The van der Waals surface area contributed by atoms with Crippen LogP contribution in [-0.4, -0.2) is 59.3 Å². The van der Waals surface area contributed by atoms with Crippen molar-refractivity contribution in [3.05, 3.63) is 11.9 Å². The van der Waals surface area contributed by atoms with Gasteiger partial charge in [0.25, 0.3) is 0 Å². The second-order valence-corrected chi connectivity index (χ2v) is 7.87. The Kier molecular flexibility index (Phi) is 4.75. The molecule has 1 aliphatic carbocycles. The predicted octanol–water partition coefficient (Wildman–Crippen LogP) is 2.81. The Labute approximate surface area is 149 Å². The predicted molar refractivity (Wildman–Crippen MR) is 95.2 cm³/mol. The van der Waals surface area contributed by atoms with E-state index in [9.17, 15) is 4.79 Å². The molecule has 1 aromatic heterocycles. The van der Waals surface area contributed by atoms with Gasteiger partial charge in [-0.3, -0.25) is 4.98 Å². The van der Waals surface area contributed by atoms with Crippen LogP contribution in [0.5, 0.6) is 5.88 Å². The molecule has 2 aliphatic rings. The Morgan fingerprint density at radius 3 is 2.56 bits per heavy atom. The summed E-state index contributed by atoms with van der Waals surface area (Å²) in [5, 5.41) is 0. The molecule has 3 rings (SSSR count). The number of methoxy groups -OCH3 is 1. The summed E-state index contributed by atoms with van der Waals surface area (Å²) in [6.07, 6.45) is 3.89. The lowest BCUT2D eigenvalue weighted by atomic mass is 10.2. The molecule has 1 aromatic rings. The topological polar surface area (TPSA) is 67.8 Å². The number of anilines is 1. The zero-order valence-corrected chi connectivity index (χ0v) is 15.8. The second kappa shape index (κ2) is 6.69. The first-order valence-corrected chi connectivity index (χ1v) is 8.94. The van der Waals surface area contributed by atoms with Gasteiger partial charge in [-0.05, 0) is 40.5 Å². The Bertz CT molecular complexity index is 640. The van der Waals surface area contributed by atoms with Gasteiger partial charge in [0, 0.05) is 31.6 Å². The summed E-state index contributed by atoms with van der Waals surface area (Å²) in [6, 6.07) is 0.0412. The number of piperazine rings is 1. The van der Waals surface area contributed by atoms with E-state index in [0.717, 1.165) is 24.4 Å².